The van der Waals surface area contributed by atoms with Crippen LogP contribution in [-0.2, 0) is 14.3 Å². The standard InChI is InChI=1S/C17H16O4S/c1-3-21-16(18)10-9-14-13(17(19)20-2)11-15(22-14)12-7-5-4-6-8-12/h4-11H,3H2,1-2H3. The molecule has 5 heteroatoms. The summed E-state index contributed by atoms with van der Waals surface area (Å²) in [5, 5.41) is 0. The molecular weight excluding hydrogens is 300 g/mol. The van der Waals surface area contributed by atoms with E-state index in [0.29, 0.717) is 17.0 Å². The van der Waals surface area contributed by atoms with Crippen LogP contribution in [0.15, 0.2) is 42.5 Å². The van der Waals surface area contributed by atoms with Gasteiger partial charge in [0.25, 0.3) is 0 Å². The first-order valence-electron chi connectivity index (χ1n) is 6.78. The summed E-state index contributed by atoms with van der Waals surface area (Å²) < 4.78 is 9.64. The predicted octanol–water partition coefficient (Wildman–Crippen LogP) is 3.78. The molecule has 1 aromatic carbocycles. The second kappa shape index (κ2) is 7.56. The van der Waals surface area contributed by atoms with Gasteiger partial charge in [-0.05, 0) is 24.6 Å². The molecule has 4 nitrogen and oxygen atoms in total. The number of methoxy groups -OCH3 is 1. The van der Waals surface area contributed by atoms with E-state index in [2.05, 4.69) is 0 Å². The van der Waals surface area contributed by atoms with Gasteiger partial charge >= 0.3 is 11.9 Å². The Morgan fingerprint density at radius 1 is 1.23 bits per heavy atom. The van der Waals surface area contributed by atoms with Crippen molar-refractivity contribution in [3.05, 3.63) is 52.9 Å². The predicted molar refractivity (Wildman–Crippen MR) is 86.8 cm³/mol. The number of carbonyl (C=O) groups is 2. The zero-order valence-electron chi connectivity index (χ0n) is 12.4. The van der Waals surface area contributed by atoms with Gasteiger partial charge in [0.05, 0.1) is 19.3 Å². The molecule has 2 rings (SSSR count). The SMILES string of the molecule is CCOC(=O)C=Cc1sc(-c2ccccc2)cc1C(=O)OC. The maximum Gasteiger partial charge on any atom is 0.339 e. The van der Waals surface area contributed by atoms with E-state index in [9.17, 15) is 9.59 Å². The summed E-state index contributed by atoms with van der Waals surface area (Å²) in [5.74, 6) is -0.866. The zero-order chi connectivity index (χ0) is 15.9. The van der Waals surface area contributed by atoms with Gasteiger partial charge in [0.1, 0.15) is 0 Å². The van der Waals surface area contributed by atoms with Crippen molar-refractivity contribution in [2.75, 3.05) is 13.7 Å². The maximum atomic E-state index is 11.9. The zero-order valence-corrected chi connectivity index (χ0v) is 13.2. The van der Waals surface area contributed by atoms with Crippen LogP contribution in [0.1, 0.15) is 22.2 Å². The fraction of sp³-hybridized carbons (Fsp3) is 0.176. The molecule has 0 bridgehead atoms. The Labute approximate surface area is 133 Å². The largest absolute Gasteiger partial charge is 0.465 e. The van der Waals surface area contributed by atoms with E-state index >= 15 is 0 Å². The summed E-state index contributed by atoms with van der Waals surface area (Å²) in [4.78, 5) is 24.9. The van der Waals surface area contributed by atoms with Crippen molar-refractivity contribution < 1.29 is 19.1 Å². The molecule has 0 N–H and O–H groups in total. The van der Waals surface area contributed by atoms with E-state index in [1.54, 1.807) is 19.1 Å². The van der Waals surface area contributed by atoms with Gasteiger partial charge in [0.2, 0.25) is 0 Å². The van der Waals surface area contributed by atoms with Crippen molar-refractivity contribution in [1.29, 1.82) is 0 Å². The third kappa shape index (κ3) is 3.83. The molecule has 0 aliphatic carbocycles. The first-order chi connectivity index (χ1) is 10.7. The molecule has 2 aromatic rings. The minimum atomic E-state index is -0.437. The molecule has 1 aromatic heterocycles. The van der Waals surface area contributed by atoms with Gasteiger partial charge in [0.15, 0.2) is 0 Å². The summed E-state index contributed by atoms with van der Waals surface area (Å²) in [6, 6.07) is 11.5. The number of carbonyl (C=O) groups excluding carboxylic acids is 2. The quantitative estimate of drug-likeness (QED) is 0.622. The number of ether oxygens (including phenoxy) is 2. The van der Waals surface area contributed by atoms with E-state index < -0.39 is 11.9 Å². The van der Waals surface area contributed by atoms with Crippen molar-refractivity contribution in [3.8, 4) is 10.4 Å². The highest BCUT2D eigenvalue weighted by Gasteiger charge is 2.16. The van der Waals surface area contributed by atoms with E-state index in [-0.39, 0.29) is 0 Å². The summed E-state index contributed by atoms with van der Waals surface area (Å²) in [5.41, 5.74) is 1.44. The average Bonchev–Trinajstić information content (AvgIpc) is 2.97. The molecule has 0 spiro atoms. The summed E-state index contributed by atoms with van der Waals surface area (Å²) in [6.07, 6.45) is 2.90. The molecule has 0 atom stereocenters. The molecule has 0 fully saturated rings. The van der Waals surface area contributed by atoms with Crippen LogP contribution in [0, 0.1) is 0 Å². The van der Waals surface area contributed by atoms with E-state index in [1.807, 2.05) is 30.3 Å². The highest BCUT2D eigenvalue weighted by molar-refractivity contribution is 7.16. The van der Waals surface area contributed by atoms with Crippen molar-refractivity contribution >= 4 is 29.4 Å². The summed E-state index contributed by atoms with van der Waals surface area (Å²) in [7, 11) is 1.33. The lowest BCUT2D eigenvalue weighted by Gasteiger charge is -1.97. The Morgan fingerprint density at radius 2 is 1.95 bits per heavy atom. The van der Waals surface area contributed by atoms with Crippen molar-refractivity contribution in [2.45, 2.75) is 6.92 Å². The Balaban J connectivity index is 2.37. The van der Waals surface area contributed by atoms with Gasteiger partial charge in [-0.3, -0.25) is 0 Å². The summed E-state index contributed by atoms with van der Waals surface area (Å²) in [6.45, 7) is 2.05. The summed E-state index contributed by atoms with van der Waals surface area (Å²) >= 11 is 1.42. The van der Waals surface area contributed by atoms with Gasteiger partial charge < -0.3 is 9.47 Å². The molecule has 0 aliphatic rings. The molecule has 0 saturated heterocycles. The van der Waals surface area contributed by atoms with Crippen LogP contribution in [0.4, 0.5) is 0 Å². The minimum absolute atomic E-state index is 0.312. The lowest BCUT2D eigenvalue weighted by molar-refractivity contribution is -0.137. The second-order valence-electron chi connectivity index (χ2n) is 4.33. The van der Waals surface area contributed by atoms with E-state index in [1.165, 1.54) is 24.5 Å². The van der Waals surface area contributed by atoms with Gasteiger partial charge in [0, 0.05) is 15.8 Å². The smallest absolute Gasteiger partial charge is 0.339 e. The van der Waals surface area contributed by atoms with Crippen LogP contribution in [-0.4, -0.2) is 25.7 Å². The highest BCUT2D eigenvalue weighted by atomic mass is 32.1. The molecular formula is C17H16O4S. The lowest BCUT2D eigenvalue weighted by atomic mass is 10.1. The number of esters is 2. The molecule has 0 amide bonds. The fourth-order valence-corrected chi connectivity index (χ4v) is 2.93. The van der Waals surface area contributed by atoms with Crippen LogP contribution >= 0.6 is 11.3 Å². The van der Waals surface area contributed by atoms with Crippen LogP contribution in [0.5, 0.6) is 0 Å². The Kier molecular flexibility index (Phi) is 5.49. The topological polar surface area (TPSA) is 52.6 Å². The fourth-order valence-electron chi connectivity index (χ4n) is 1.88. The van der Waals surface area contributed by atoms with Crippen molar-refractivity contribution in [3.63, 3.8) is 0 Å². The Bertz CT molecular complexity index is 686. The first kappa shape index (κ1) is 16.0. The van der Waals surface area contributed by atoms with Gasteiger partial charge in [-0.2, -0.15) is 0 Å². The van der Waals surface area contributed by atoms with Gasteiger partial charge in [-0.25, -0.2) is 9.59 Å². The van der Waals surface area contributed by atoms with Crippen molar-refractivity contribution in [1.82, 2.24) is 0 Å². The number of thiophene rings is 1. The first-order valence-corrected chi connectivity index (χ1v) is 7.59. The molecule has 0 unspecified atom stereocenters. The molecule has 1 heterocycles. The van der Waals surface area contributed by atoms with Gasteiger partial charge in [-0.1, -0.05) is 30.3 Å². The maximum absolute atomic E-state index is 11.9. The van der Waals surface area contributed by atoms with E-state index in [4.69, 9.17) is 9.47 Å². The third-order valence-corrected chi connectivity index (χ3v) is 4.03. The number of benzene rings is 1. The Hall–Kier alpha value is -2.40. The third-order valence-electron chi connectivity index (χ3n) is 2.88. The highest BCUT2D eigenvalue weighted by Crippen LogP contribution is 2.32. The van der Waals surface area contributed by atoms with Crippen LogP contribution in [0.2, 0.25) is 0 Å². The normalized spacial score (nSPS) is 10.6. The number of hydrogen-bond acceptors (Lipinski definition) is 5. The monoisotopic (exact) mass is 316 g/mol. The second-order valence-corrected chi connectivity index (χ2v) is 5.42. The van der Waals surface area contributed by atoms with Crippen LogP contribution in [0.3, 0.4) is 0 Å². The molecule has 0 aliphatic heterocycles. The molecule has 0 radical (unpaired) electrons. The van der Waals surface area contributed by atoms with Gasteiger partial charge in [-0.15, -0.1) is 11.3 Å². The van der Waals surface area contributed by atoms with Crippen molar-refractivity contribution in [2.24, 2.45) is 0 Å². The van der Waals surface area contributed by atoms with E-state index in [0.717, 1.165) is 10.4 Å². The number of hydrogen-bond donors (Lipinski definition) is 0. The van der Waals surface area contributed by atoms with Crippen LogP contribution in [0.25, 0.3) is 16.5 Å². The molecule has 0 saturated carbocycles. The molecule has 22 heavy (non-hydrogen) atoms. The Morgan fingerprint density at radius 3 is 2.59 bits per heavy atom. The molecule has 114 valence electrons. The number of rotatable bonds is 5. The average molecular weight is 316 g/mol. The lowest BCUT2D eigenvalue weighted by Crippen LogP contribution is -2.01. The van der Waals surface area contributed by atoms with Crippen LogP contribution < -0.4 is 0 Å². The minimum Gasteiger partial charge on any atom is -0.465 e.